The zero-order valence-electron chi connectivity index (χ0n) is 10.5. The van der Waals surface area contributed by atoms with Crippen LogP contribution in [-0.4, -0.2) is 29.1 Å². The molecule has 1 fully saturated rings. The predicted molar refractivity (Wildman–Crippen MR) is 76.7 cm³/mol. The topological polar surface area (TPSA) is 20.3 Å². The number of hydrogen-bond donors (Lipinski definition) is 0. The maximum absolute atomic E-state index is 12.2. The molecule has 3 heteroatoms. The zero-order chi connectivity index (χ0) is 12.8. The smallest absolute Gasteiger partial charge is 0.233 e. The number of amides is 1. The average Bonchev–Trinajstić information content (AvgIpc) is 2.45. The summed E-state index contributed by atoms with van der Waals surface area (Å²) in [6.07, 6.45) is 5.29. The van der Waals surface area contributed by atoms with E-state index < -0.39 is 0 Å². The normalized spacial score (nSPS) is 19.6. The van der Waals surface area contributed by atoms with Crippen LogP contribution in [0.25, 0.3) is 0 Å². The van der Waals surface area contributed by atoms with E-state index in [0.29, 0.717) is 5.75 Å². The van der Waals surface area contributed by atoms with Gasteiger partial charge in [0.25, 0.3) is 0 Å². The number of benzene rings is 1. The molecule has 1 amide bonds. The summed E-state index contributed by atoms with van der Waals surface area (Å²) in [5.41, 5.74) is 0. The van der Waals surface area contributed by atoms with Crippen molar-refractivity contribution in [3.8, 4) is 0 Å². The molecule has 0 saturated carbocycles. The second-order valence-corrected chi connectivity index (χ2v) is 5.54. The first-order valence-electron chi connectivity index (χ1n) is 6.41. The van der Waals surface area contributed by atoms with Gasteiger partial charge >= 0.3 is 0 Å². The van der Waals surface area contributed by atoms with Crippen LogP contribution in [0.15, 0.2) is 47.9 Å². The van der Waals surface area contributed by atoms with Crippen LogP contribution in [0, 0.1) is 0 Å². The van der Waals surface area contributed by atoms with E-state index in [2.05, 4.69) is 6.58 Å². The lowest BCUT2D eigenvalue weighted by Crippen LogP contribution is -2.43. The molecule has 96 valence electrons. The fourth-order valence-corrected chi connectivity index (χ4v) is 3.06. The first-order chi connectivity index (χ1) is 8.81. The van der Waals surface area contributed by atoms with E-state index in [1.54, 1.807) is 11.8 Å². The number of piperidine rings is 1. The second kappa shape index (κ2) is 6.64. The third kappa shape index (κ3) is 3.39. The minimum Gasteiger partial charge on any atom is -0.336 e. The molecule has 0 spiro atoms. The Labute approximate surface area is 113 Å². The summed E-state index contributed by atoms with van der Waals surface area (Å²) in [4.78, 5) is 15.3. The number of thioether (sulfide) groups is 1. The Balaban J connectivity index is 1.89. The number of hydrogen-bond acceptors (Lipinski definition) is 2. The van der Waals surface area contributed by atoms with Crippen LogP contribution in [0.1, 0.15) is 19.3 Å². The summed E-state index contributed by atoms with van der Waals surface area (Å²) >= 11 is 1.61. The fraction of sp³-hybridized carbons (Fsp3) is 0.400. The van der Waals surface area contributed by atoms with Crippen LogP contribution in [0.5, 0.6) is 0 Å². The third-order valence-electron chi connectivity index (χ3n) is 3.25. The number of nitrogens with zero attached hydrogens (tertiary/aromatic N) is 1. The van der Waals surface area contributed by atoms with Crippen LogP contribution >= 0.6 is 11.8 Å². The molecule has 0 bridgehead atoms. The Hall–Kier alpha value is -1.22. The van der Waals surface area contributed by atoms with Gasteiger partial charge in [0, 0.05) is 17.5 Å². The van der Waals surface area contributed by atoms with Crippen LogP contribution in [-0.2, 0) is 4.79 Å². The molecule has 0 aliphatic carbocycles. The Kier molecular flexibility index (Phi) is 4.88. The molecule has 1 aliphatic rings. The summed E-state index contributed by atoms with van der Waals surface area (Å²) < 4.78 is 0. The molecule has 0 radical (unpaired) electrons. The predicted octanol–water partition coefficient (Wildman–Crippen LogP) is 3.35. The fourth-order valence-electron chi connectivity index (χ4n) is 2.26. The molecule has 1 saturated heterocycles. The molecule has 0 unspecified atom stereocenters. The SMILES string of the molecule is C=C[C@@H]1CCCCN1C(=O)CSc1ccccc1. The van der Waals surface area contributed by atoms with Gasteiger partial charge in [-0.2, -0.15) is 0 Å². The molecular weight excluding hydrogens is 242 g/mol. The van der Waals surface area contributed by atoms with Crippen LogP contribution < -0.4 is 0 Å². The van der Waals surface area contributed by atoms with Crippen molar-refractivity contribution in [2.75, 3.05) is 12.3 Å². The van der Waals surface area contributed by atoms with Crippen molar-refractivity contribution in [2.45, 2.75) is 30.2 Å². The summed E-state index contributed by atoms with van der Waals surface area (Å²) in [5, 5.41) is 0. The van der Waals surface area contributed by atoms with E-state index in [1.807, 2.05) is 41.3 Å². The Morgan fingerprint density at radius 3 is 2.89 bits per heavy atom. The van der Waals surface area contributed by atoms with Gasteiger partial charge in [-0.25, -0.2) is 0 Å². The van der Waals surface area contributed by atoms with Gasteiger partial charge in [-0.15, -0.1) is 18.3 Å². The van der Waals surface area contributed by atoms with Gasteiger partial charge in [0.05, 0.1) is 5.75 Å². The first kappa shape index (κ1) is 13.2. The highest BCUT2D eigenvalue weighted by Gasteiger charge is 2.23. The minimum atomic E-state index is 0.230. The third-order valence-corrected chi connectivity index (χ3v) is 4.24. The number of rotatable bonds is 4. The van der Waals surface area contributed by atoms with E-state index in [1.165, 1.54) is 6.42 Å². The summed E-state index contributed by atoms with van der Waals surface area (Å²) in [6.45, 7) is 4.71. The lowest BCUT2D eigenvalue weighted by Gasteiger charge is -2.33. The van der Waals surface area contributed by atoms with E-state index in [9.17, 15) is 4.79 Å². The highest BCUT2D eigenvalue weighted by molar-refractivity contribution is 8.00. The van der Waals surface area contributed by atoms with Gasteiger partial charge in [0.2, 0.25) is 5.91 Å². The lowest BCUT2D eigenvalue weighted by molar-refractivity contribution is -0.130. The van der Waals surface area contributed by atoms with E-state index >= 15 is 0 Å². The standard InChI is InChI=1S/C15H19NOS/c1-2-13-8-6-7-11-16(13)15(17)12-18-14-9-4-3-5-10-14/h2-5,9-10,13H,1,6-8,11-12H2/t13-/m1/s1. The molecule has 0 aromatic heterocycles. The van der Waals surface area contributed by atoms with Crippen LogP contribution in [0.4, 0.5) is 0 Å². The molecule has 1 atom stereocenters. The maximum atomic E-state index is 12.2. The Morgan fingerprint density at radius 1 is 1.39 bits per heavy atom. The van der Waals surface area contributed by atoms with Crippen LogP contribution in [0.2, 0.25) is 0 Å². The highest BCUT2D eigenvalue weighted by atomic mass is 32.2. The monoisotopic (exact) mass is 261 g/mol. The zero-order valence-corrected chi connectivity index (χ0v) is 11.4. The van der Waals surface area contributed by atoms with Crippen molar-refractivity contribution in [3.05, 3.63) is 43.0 Å². The molecule has 1 heterocycles. The minimum absolute atomic E-state index is 0.230. The van der Waals surface area contributed by atoms with E-state index in [4.69, 9.17) is 0 Å². The number of carbonyl (C=O) groups excluding carboxylic acids is 1. The van der Waals surface area contributed by atoms with Gasteiger partial charge in [-0.3, -0.25) is 4.79 Å². The van der Waals surface area contributed by atoms with Crippen molar-refractivity contribution >= 4 is 17.7 Å². The van der Waals surface area contributed by atoms with Crippen molar-refractivity contribution in [2.24, 2.45) is 0 Å². The van der Waals surface area contributed by atoms with Gasteiger partial charge < -0.3 is 4.90 Å². The average molecular weight is 261 g/mol. The molecule has 2 nitrogen and oxygen atoms in total. The molecule has 1 aromatic carbocycles. The molecule has 0 N–H and O–H groups in total. The van der Waals surface area contributed by atoms with Gasteiger partial charge in [-0.05, 0) is 31.4 Å². The molecule has 1 aliphatic heterocycles. The van der Waals surface area contributed by atoms with Crippen LogP contribution in [0.3, 0.4) is 0 Å². The Bertz CT molecular complexity index is 404. The van der Waals surface area contributed by atoms with Crippen molar-refractivity contribution in [3.63, 3.8) is 0 Å². The van der Waals surface area contributed by atoms with Gasteiger partial charge in [0.15, 0.2) is 0 Å². The first-order valence-corrected chi connectivity index (χ1v) is 7.39. The number of carbonyl (C=O) groups is 1. The Morgan fingerprint density at radius 2 is 2.17 bits per heavy atom. The summed E-state index contributed by atoms with van der Waals surface area (Å²) in [6, 6.07) is 10.3. The molecule has 2 rings (SSSR count). The number of likely N-dealkylation sites (tertiary alicyclic amines) is 1. The summed E-state index contributed by atoms with van der Waals surface area (Å²) in [7, 11) is 0. The van der Waals surface area contributed by atoms with Crippen molar-refractivity contribution < 1.29 is 4.79 Å². The highest BCUT2D eigenvalue weighted by Crippen LogP contribution is 2.22. The molecule has 18 heavy (non-hydrogen) atoms. The quantitative estimate of drug-likeness (QED) is 0.612. The van der Waals surface area contributed by atoms with Gasteiger partial charge in [0.1, 0.15) is 0 Å². The molecule has 1 aromatic rings. The maximum Gasteiger partial charge on any atom is 0.233 e. The van der Waals surface area contributed by atoms with E-state index in [-0.39, 0.29) is 11.9 Å². The van der Waals surface area contributed by atoms with Crippen molar-refractivity contribution in [1.29, 1.82) is 0 Å². The summed E-state index contributed by atoms with van der Waals surface area (Å²) in [5.74, 6) is 0.752. The second-order valence-electron chi connectivity index (χ2n) is 4.49. The molecular formula is C15H19NOS. The van der Waals surface area contributed by atoms with Crippen molar-refractivity contribution in [1.82, 2.24) is 4.90 Å². The largest absolute Gasteiger partial charge is 0.336 e. The lowest BCUT2D eigenvalue weighted by atomic mass is 10.0. The van der Waals surface area contributed by atoms with E-state index in [0.717, 1.165) is 24.3 Å². The van der Waals surface area contributed by atoms with Gasteiger partial charge in [-0.1, -0.05) is 24.3 Å².